The molecule has 3 rings (SSSR count). The van der Waals surface area contributed by atoms with Crippen molar-refractivity contribution in [3.05, 3.63) is 59.7 Å². The Morgan fingerprint density at radius 1 is 1.00 bits per heavy atom. The highest BCUT2D eigenvalue weighted by Gasteiger charge is 2.16. The highest BCUT2D eigenvalue weighted by molar-refractivity contribution is 6.04. The maximum Gasteiger partial charge on any atom is 0.255 e. The van der Waals surface area contributed by atoms with Gasteiger partial charge in [-0.1, -0.05) is 12.1 Å². The van der Waals surface area contributed by atoms with Gasteiger partial charge in [-0.3, -0.25) is 9.59 Å². The molecule has 0 heterocycles. The molecule has 0 aromatic heterocycles. The summed E-state index contributed by atoms with van der Waals surface area (Å²) in [6.45, 7) is 1.94. The molecule has 0 unspecified atom stereocenters. The lowest BCUT2D eigenvalue weighted by molar-refractivity contribution is -0.119. The number of benzene rings is 2. The molecule has 0 saturated heterocycles. The summed E-state index contributed by atoms with van der Waals surface area (Å²) in [6.07, 6.45) is 5.05. The maximum atomic E-state index is 12.3. The molecule has 2 amide bonds. The average Bonchev–Trinajstić information content (AvgIpc) is 3.15. The first kappa shape index (κ1) is 18.0. The lowest BCUT2D eigenvalue weighted by Gasteiger charge is -2.13. The fraction of sp³-hybridized carbons (Fsp3) is 0.333. The second-order valence-corrected chi connectivity index (χ2v) is 6.61. The van der Waals surface area contributed by atoms with Crippen molar-refractivity contribution < 1.29 is 14.3 Å². The Balaban J connectivity index is 1.54. The van der Waals surface area contributed by atoms with Crippen LogP contribution in [0.25, 0.3) is 0 Å². The molecule has 2 N–H and O–H groups in total. The van der Waals surface area contributed by atoms with Crippen LogP contribution in [-0.2, 0) is 11.3 Å². The zero-order chi connectivity index (χ0) is 18.4. The summed E-state index contributed by atoms with van der Waals surface area (Å²) >= 11 is 0. The fourth-order valence-electron chi connectivity index (χ4n) is 3.02. The first-order chi connectivity index (χ1) is 12.6. The van der Waals surface area contributed by atoms with E-state index in [1.165, 1.54) is 19.8 Å². The number of ether oxygens (including phenoxy) is 1. The van der Waals surface area contributed by atoms with Gasteiger partial charge in [-0.2, -0.15) is 0 Å². The minimum atomic E-state index is -0.166. The molecule has 2 aromatic rings. The number of hydrogen-bond acceptors (Lipinski definition) is 3. The Kier molecular flexibility index (Phi) is 5.89. The van der Waals surface area contributed by atoms with Crippen molar-refractivity contribution in [2.45, 2.75) is 45.3 Å². The predicted molar refractivity (Wildman–Crippen MR) is 101 cm³/mol. The van der Waals surface area contributed by atoms with Gasteiger partial charge in [-0.15, -0.1) is 0 Å². The molecule has 26 heavy (non-hydrogen) atoms. The standard InChI is InChI=1S/C21H24N2O3/c1-15(24)22-14-16-6-8-17(9-7-16)21(25)23-18-10-12-20(13-11-18)26-19-4-2-3-5-19/h6-13,19H,2-5,14H2,1H3,(H,22,24)(H,23,25). The Labute approximate surface area is 153 Å². The molecule has 1 aliphatic rings. The number of carbonyl (C=O) groups excluding carboxylic acids is 2. The van der Waals surface area contributed by atoms with Crippen molar-refractivity contribution in [2.75, 3.05) is 5.32 Å². The molecule has 1 aliphatic carbocycles. The number of amides is 2. The molecule has 5 nitrogen and oxygen atoms in total. The van der Waals surface area contributed by atoms with Crippen LogP contribution in [0.4, 0.5) is 5.69 Å². The van der Waals surface area contributed by atoms with Crippen LogP contribution in [0, 0.1) is 0 Å². The highest BCUT2D eigenvalue weighted by Crippen LogP contribution is 2.25. The molecule has 0 aliphatic heterocycles. The second kappa shape index (κ2) is 8.52. The van der Waals surface area contributed by atoms with Crippen LogP contribution in [0.5, 0.6) is 5.75 Å². The third-order valence-electron chi connectivity index (χ3n) is 4.47. The van der Waals surface area contributed by atoms with Crippen LogP contribution >= 0.6 is 0 Å². The van der Waals surface area contributed by atoms with Gasteiger partial charge in [0.15, 0.2) is 0 Å². The smallest absolute Gasteiger partial charge is 0.255 e. The molecule has 0 radical (unpaired) electrons. The average molecular weight is 352 g/mol. The Morgan fingerprint density at radius 2 is 1.65 bits per heavy atom. The maximum absolute atomic E-state index is 12.3. The Morgan fingerprint density at radius 3 is 2.27 bits per heavy atom. The molecule has 0 atom stereocenters. The van der Waals surface area contributed by atoms with E-state index in [-0.39, 0.29) is 11.8 Å². The Bertz CT molecular complexity index is 748. The van der Waals surface area contributed by atoms with Crippen molar-refractivity contribution >= 4 is 17.5 Å². The van der Waals surface area contributed by atoms with Crippen LogP contribution in [0.15, 0.2) is 48.5 Å². The van der Waals surface area contributed by atoms with E-state index in [1.807, 2.05) is 36.4 Å². The molecule has 136 valence electrons. The lowest BCUT2D eigenvalue weighted by Crippen LogP contribution is -2.19. The first-order valence-electron chi connectivity index (χ1n) is 9.01. The normalized spacial score (nSPS) is 14.0. The van der Waals surface area contributed by atoms with Crippen molar-refractivity contribution in [3.63, 3.8) is 0 Å². The third kappa shape index (κ3) is 5.09. The van der Waals surface area contributed by atoms with Gasteiger partial charge in [0.25, 0.3) is 5.91 Å². The van der Waals surface area contributed by atoms with E-state index in [0.717, 1.165) is 29.8 Å². The molecule has 5 heteroatoms. The summed E-state index contributed by atoms with van der Waals surface area (Å²) in [7, 11) is 0. The summed E-state index contributed by atoms with van der Waals surface area (Å²) in [5.41, 5.74) is 2.25. The van der Waals surface area contributed by atoms with Gasteiger partial charge >= 0.3 is 0 Å². The van der Waals surface area contributed by atoms with Crippen LogP contribution in [0.3, 0.4) is 0 Å². The highest BCUT2D eigenvalue weighted by atomic mass is 16.5. The fourth-order valence-corrected chi connectivity index (χ4v) is 3.02. The molecule has 1 fully saturated rings. The van der Waals surface area contributed by atoms with E-state index in [0.29, 0.717) is 18.2 Å². The SMILES string of the molecule is CC(=O)NCc1ccc(C(=O)Nc2ccc(OC3CCCC3)cc2)cc1. The second-order valence-electron chi connectivity index (χ2n) is 6.61. The van der Waals surface area contributed by atoms with Crippen LogP contribution in [-0.4, -0.2) is 17.9 Å². The quantitative estimate of drug-likeness (QED) is 0.829. The van der Waals surface area contributed by atoms with E-state index in [9.17, 15) is 9.59 Å². The number of rotatable bonds is 6. The van der Waals surface area contributed by atoms with Crippen molar-refractivity contribution in [1.29, 1.82) is 0 Å². The molecular formula is C21H24N2O3. The zero-order valence-corrected chi connectivity index (χ0v) is 15.0. The molecule has 2 aromatic carbocycles. The minimum absolute atomic E-state index is 0.0767. The van der Waals surface area contributed by atoms with Gasteiger partial charge in [0.1, 0.15) is 5.75 Å². The van der Waals surface area contributed by atoms with Gasteiger partial charge in [0.2, 0.25) is 5.91 Å². The molecular weight excluding hydrogens is 328 g/mol. The first-order valence-corrected chi connectivity index (χ1v) is 9.01. The number of anilines is 1. The number of nitrogens with one attached hydrogen (secondary N) is 2. The van der Waals surface area contributed by atoms with Gasteiger partial charge in [-0.25, -0.2) is 0 Å². The van der Waals surface area contributed by atoms with Crippen LogP contribution < -0.4 is 15.4 Å². The number of hydrogen-bond donors (Lipinski definition) is 2. The summed E-state index contributed by atoms with van der Waals surface area (Å²) in [6, 6.07) is 14.7. The van der Waals surface area contributed by atoms with Crippen molar-refractivity contribution in [1.82, 2.24) is 5.32 Å². The Hall–Kier alpha value is -2.82. The van der Waals surface area contributed by atoms with Gasteiger partial charge in [-0.05, 0) is 67.6 Å². The summed E-state index contributed by atoms with van der Waals surface area (Å²) < 4.78 is 5.93. The topological polar surface area (TPSA) is 67.4 Å². The van der Waals surface area contributed by atoms with Crippen molar-refractivity contribution in [2.24, 2.45) is 0 Å². The lowest BCUT2D eigenvalue weighted by atomic mass is 10.1. The van der Waals surface area contributed by atoms with Gasteiger partial charge in [0, 0.05) is 24.7 Å². The molecule has 1 saturated carbocycles. The monoisotopic (exact) mass is 352 g/mol. The van der Waals surface area contributed by atoms with Gasteiger partial charge in [0.05, 0.1) is 6.10 Å². The van der Waals surface area contributed by atoms with E-state index in [4.69, 9.17) is 4.74 Å². The molecule has 0 bridgehead atoms. The summed E-state index contributed by atoms with van der Waals surface area (Å²) in [5, 5.41) is 5.61. The van der Waals surface area contributed by atoms with Crippen LogP contribution in [0.2, 0.25) is 0 Å². The summed E-state index contributed by atoms with van der Waals surface area (Å²) in [5.74, 6) is 0.602. The van der Waals surface area contributed by atoms with Crippen molar-refractivity contribution in [3.8, 4) is 5.75 Å². The largest absolute Gasteiger partial charge is 0.490 e. The third-order valence-corrected chi connectivity index (χ3v) is 4.47. The molecule has 0 spiro atoms. The van der Waals surface area contributed by atoms with E-state index < -0.39 is 0 Å². The van der Waals surface area contributed by atoms with Crippen LogP contribution in [0.1, 0.15) is 48.5 Å². The van der Waals surface area contributed by atoms with E-state index in [1.54, 1.807) is 12.1 Å². The minimum Gasteiger partial charge on any atom is -0.490 e. The summed E-state index contributed by atoms with van der Waals surface area (Å²) in [4.78, 5) is 23.3. The predicted octanol–water partition coefficient (Wildman–Crippen LogP) is 3.90. The van der Waals surface area contributed by atoms with Gasteiger partial charge < -0.3 is 15.4 Å². The van der Waals surface area contributed by atoms with E-state index in [2.05, 4.69) is 10.6 Å². The van der Waals surface area contributed by atoms with E-state index >= 15 is 0 Å². The zero-order valence-electron chi connectivity index (χ0n) is 15.0. The number of carbonyl (C=O) groups is 2.